The summed E-state index contributed by atoms with van der Waals surface area (Å²) >= 11 is 0. The number of para-hydroxylation sites is 1. The van der Waals surface area contributed by atoms with Crippen molar-refractivity contribution in [2.75, 3.05) is 22.5 Å². The lowest BCUT2D eigenvalue weighted by atomic mass is 10.1. The van der Waals surface area contributed by atoms with Crippen molar-refractivity contribution in [1.29, 1.82) is 0 Å². The van der Waals surface area contributed by atoms with E-state index in [2.05, 4.69) is 5.32 Å². The lowest BCUT2D eigenvalue weighted by Gasteiger charge is -2.12. The first-order valence-electron chi connectivity index (χ1n) is 5.81. The van der Waals surface area contributed by atoms with Crippen molar-refractivity contribution in [2.45, 2.75) is 13.5 Å². The Morgan fingerprint density at radius 3 is 2.61 bits per heavy atom. The summed E-state index contributed by atoms with van der Waals surface area (Å²) < 4.78 is 0. The number of nitrogens with two attached hydrogens (primary N) is 3. The van der Waals surface area contributed by atoms with Gasteiger partial charge in [-0.1, -0.05) is 12.1 Å². The highest BCUT2D eigenvalue weighted by Crippen LogP contribution is 2.23. The van der Waals surface area contributed by atoms with Crippen LogP contribution in [-0.4, -0.2) is 0 Å². The average molecular weight is 242 g/mol. The fraction of sp³-hybridized carbons (Fsp3) is 0.143. The van der Waals surface area contributed by atoms with Gasteiger partial charge in [-0.3, -0.25) is 0 Å². The Kier molecular flexibility index (Phi) is 3.28. The Morgan fingerprint density at radius 2 is 1.83 bits per heavy atom. The van der Waals surface area contributed by atoms with Gasteiger partial charge in [0.15, 0.2) is 0 Å². The van der Waals surface area contributed by atoms with Crippen molar-refractivity contribution in [3.05, 3.63) is 47.5 Å². The quantitative estimate of drug-likeness (QED) is 0.622. The second kappa shape index (κ2) is 4.87. The van der Waals surface area contributed by atoms with Gasteiger partial charge in [-0.05, 0) is 42.3 Å². The Bertz CT molecular complexity index is 562. The third kappa shape index (κ3) is 2.48. The SMILES string of the molecule is Cc1cccc(NCc2cc(N)ccc2N)c1N. The number of hydrogen-bond donors (Lipinski definition) is 4. The molecule has 0 heterocycles. The molecule has 0 saturated carbocycles. The molecule has 0 amide bonds. The van der Waals surface area contributed by atoms with E-state index in [-0.39, 0.29) is 0 Å². The third-order valence-electron chi connectivity index (χ3n) is 2.96. The van der Waals surface area contributed by atoms with E-state index in [0.717, 1.165) is 28.2 Å². The van der Waals surface area contributed by atoms with Crippen LogP contribution in [0, 0.1) is 6.92 Å². The third-order valence-corrected chi connectivity index (χ3v) is 2.96. The number of nitrogen functional groups attached to an aromatic ring is 3. The van der Waals surface area contributed by atoms with Crippen LogP contribution in [0.25, 0.3) is 0 Å². The lowest BCUT2D eigenvalue weighted by Crippen LogP contribution is -2.06. The van der Waals surface area contributed by atoms with Crippen molar-refractivity contribution in [1.82, 2.24) is 0 Å². The summed E-state index contributed by atoms with van der Waals surface area (Å²) in [5.41, 5.74) is 22.8. The van der Waals surface area contributed by atoms with Crippen LogP contribution in [0.3, 0.4) is 0 Å². The molecule has 7 N–H and O–H groups in total. The van der Waals surface area contributed by atoms with Crippen LogP contribution >= 0.6 is 0 Å². The van der Waals surface area contributed by atoms with Gasteiger partial charge in [-0.15, -0.1) is 0 Å². The lowest BCUT2D eigenvalue weighted by molar-refractivity contribution is 1.15. The number of nitrogens with one attached hydrogen (secondary N) is 1. The fourth-order valence-corrected chi connectivity index (χ4v) is 1.80. The van der Waals surface area contributed by atoms with E-state index in [4.69, 9.17) is 17.2 Å². The molecular weight excluding hydrogens is 224 g/mol. The predicted octanol–water partition coefficient (Wildman–Crippen LogP) is 2.35. The first kappa shape index (κ1) is 12.1. The maximum Gasteiger partial charge on any atom is 0.0579 e. The van der Waals surface area contributed by atoms with Crippen LogP contribution in [0.4, 0.5) is 22.7 Å². The Balaban J connectivity index is 2.16. The molecule has 2 rings (SSSR count). The number of hydrogen-bond acceptors (Lipinski definition) is 4. The fourth-order valence-electron chi connectivity index (χ4n) is 1.80. The minimum atomic E-state index is 0.602. The smallest absolute Gasteiger partial charge is 0.0579 e. The van der Waals surface area contributed by atoms with Crippen molar-refractivity contribution in [3.8, 4) is 0 Å². The number of aryl methyl sites for hydroxylation is 1. The minimum Gasteiger partial charge on any atom is -0.399 e. The Morgan fingerprint density at radius 1 is 1.06 bits per heavy atom. The summed E-state index contributed by atoms with van der Waals surface area (Å²) in [6.07, 6.45) is 0. The Hall–Kier alpha value is -2.36. The molecule has 0 radical (unpaired) electrons. The van der Waals surface area contributed by atoms with Crippen molar-refractivity contribution in [3.63, 3.8) is 0 Å². The monoisotopic (exact) mass is 242 g/mol. The van der Waals surface area contributed by atoms with E-state index < -0.39 is 0 Å². The van der Waals surface area contributed by atoms with Gasteiger partial charge in [0.05, 0.1) is 11.4 Å². The van der Waals surface area contributed by atoms with Gasteiger partial charge in [-0.25, -0.2) is 0 Å². The molecule has 4 nitrogen and oxygen atoms in total. The number of benzene rings is 2. The molecule has 4 heteroatoms. The van der Waals surface area contributed by atoms with E-state index in [1.807, 2.05) is 37.3 Å². The van der Waals surface area contributed by atoms with Crippen LogP contribution < -0.4 is 22.5 Å². The topological polar surface area (TPSA) is 90.1 Å². The first-order chi connectivity index (χ1) is 8.58. The molecule has 0 saturated heterocycles. The van der Waals surface area contributed by atoms with Gasteiger partial charge in [0.1, 0.15) is 0 Å². The standard InChI is InChI=1S/C14H18N4/c1-9-3-2-4-13(14(9)17)18-8-10-7-11(15)5-6-12(10)16/h2-7,18H,8,15-17H2,1H3. The Labute approximate surface area is 107 Å². The molecule has 2 aromatic rings. The van der Waals surface area contributed by atoms with Crippen LogP contribution in [0.2, 0.25) is 0 Å². The maximum atomic E-state index is 6.00. The van der Waals surface area contributed by atoms with Crippen molar-refractivity contribution >= 4 is 22.7 Å². The highest BCUT2D eigenvalue weighted by molar-refractivity contribution is 5.70. The summed E-state index contributed by atoms with van der Waals surface area (Å²) in [4.78, 5) is 0. The van der Waals surface area contributed by atoms with E-state index in [9.17, 15) is 0 Å². The van der Waals surface area contributed by atoms with Crippen molar-refractivity contribution in [2.24, 2.45) is 0 Å². The maximum absolute atomic E-state index is 6.00. The molecule has 94 valence electrons. The summed E-state index contributed by atoms with van der Waals surface area (Å²) in [7, 11) is 0. The molecule has 0 aromatic heterocycles. The largest absolute Gasteiger partial charge is 0.399 e. The summed E-state index contributed by atoms with van der Waals surface area (Å²) in [6.45, 7) is 2.58. The van der Waals surface area contributed by atoms with Crippen molar-refractivity contribution < 1.29 is 0 Å². The second-order valence-electron chi connectivity index (χ2n) is 4.35. The van der Waals surface area contributed by atoms with Gasteiger partial charge >= 0.3 is 0 Å². The second-order valence-corrected chi connectivity index (χ2v) is 4.35. The molecule has 0 aliphatic heterocycles. The van der Waals surface area contributed by atoms with E-state index >= 15 is 0 Å². The molecule has 0 aliphatic carbocycles. The highest BCUT2D eigenvalue weighted by Gasteiger charge is 2.03. The van der Waals surface area contributed by atoms with Gasteiger partial charge < -0.3 is 22.5 Å². The summed E-state index contributed by atoms with van der Waals surface area (Å²) in [5.74, 6) is 0. The average Bonchev–Trinajstić information content (AvgIpc) is 2.35. The summed E-state index contributed by atoms with van der Waals surface area (Å²) in [5, 5.41) is 3.28. The van der Waals surface area contributed by atoms with Gasteiger partial charge in [0.25, 0.3) is 0 Å². The van der Waals surface area contributed by atoms with Gasteiger partial charge in [0, 0.05) is 17.9 Å². The van der Waals surface area contributed by atoms with E-state index in [0.29, 0.717) is 12.2 Å². The molecule has 2 aromatic carbocycles. The predicted molar refractivity (Wildman–Crippen MR) is 78.2 cm³/mol. The van der Waals surface area contributed by atoms with Crippen LogP contribution in [0.1, 0.15) is 11.1 Å². The molecule has 0 aliphatic rings. The van der Waals surface area contributed by atoms with Gasteiger partial charge in [0.2, 0.25) is 0 Å². The summed E-state index contributed by atoms with van der Waals surface area (Å²) in [6, 6.07) is 11.4. The molecule has 0 bridgehead atoms. The van der Waals surface area contributed by atoms with E-state index in [1.165, 1.54) is 0 Å². The zero-order valence-electron chi connectivity index (χ0n) is 10.4. The van der Waals surface area contributed by atoms with Crippen LogP contribution in [0.5, 0.6) is 0 Å². The number of rotatable bonds is 3. The highest BCUT2D eigenvalue weighted by atomic mass is 14.9. The van der Waals surface area contributed by atoms with E-state index in [1.54, 1.807) is 6.07 Å². The molecular formula is C14H18N4. The minimum absolute atomic E-state index is 0.602. The first-order valence-corrected chi connectivity index (χ1v) is 5.81. The molecule has 0 unspecified atom stereocenters. The molecule has 0 spiro atoms. The number of anilines is 4. The normalized spacial score (nSPS) is 10.3. The zero-order chi connectivity index (χ0) is 13.1. The molecule has 0 fully saturated rings. The van der Waals surface area contributed by atoms with Gasteiger partial charge in [-0.2, -0.15) is 0 Å². The van der Waals surface area contributed by atoms with Crippen LogP contribution in [0.15, 0.2) is 36.4 Å². The van der Waals surface area contributed by atoms with Crippen LogP contribution in [-0.2, 0) is 6.54 Å². The molecule has 0 atom stereocenters. The zero-order valence-corrected chi connectivity index (χ0v) is 10.4. The molecule has 18 heavy (non-hydrogen) atoms.